The Hall–Kier alpha value is -2.32. The molecule has 1 N–H and O–H groups in total. The normalized spacial score (nSPS) is 25.1. The number of hydrogen-bond donors (Lipinski definition) is 1. The molecule has 0 radical (unpaired) electrons. The standard InChI is InChI=1S/C18H29NO8/c1-7-24-16(22)12-8-9-13(25-10(2)20)15(26-11(3)21)14(12)19-17(23)27-18(4,5)6/h12-15H,7-9H2,1-6H3,(H,19,23)/t12-,13-,14+,15+/m1/s1. The Morgan fingerprint density at radius 3 is 2.07 bits per heavy atom. The minimum Gasteiger partial charge on any atom is -0.466 e. The van der Waals surface area contributed by atoms with Crippen molar-refractivity contribution in [1.82, 2.24) is 5.32 Å². The lowest BCUT2D eigenvalue weighted by molar-refractivity contribution is -0.178. The molecule has 0 aromatic carbocycles. The molecule has 4 atom stereocenters. The molecule has 9 nitrogen and oxygen atoms in total. The maximum atomic E-state index is 12.4. The number of amides is 1. The molecule has 0 aliphatic heterocycles. The average molecular weight is 387 g/mol. The van der Waals surface area contributed by atoms with Crippen LogP contribution in [0.15, 0.2) is 0 Å². The van der Waals surface area contributed by atoms with Crippen LogP contribution in [-0.2, 0) is 33.3 Å². The molecular formula is C18H29NO8. The largest absolute Gasteiger partial charge is 0.466 e. The van der Waals surface area contributed by atoms with E-state index in [1.165, 1.54) is 13.8 Å². The van der Waals surface area contributed by atoms with Crippen LogP contribution in [0.3, 0.4) is 0 Å². The summed E-state index contributed by atoms with van der Waals surface area (Å²) in [5.41, 5.74) is -0.760. The van der Waals surface area contributed by atoms with Crippen molar-refractivity contribution in [2.24, 2.45) is 5.92 Å². The van der Waals surface area contributed by atoms with Crippen LogP contribution >= 0.6 is 0 Å². The van der Waals surface area contributed by atoms with Crippen LogP contribution in [0.2, 0.25) is 0 Å². The van der Waals surface area contributed by atoms with E-state index >= 15 is 0 Å². The second kappa shape index (κ2) is 9.57. The molecule has 1 aliphatic carbocycles. The fraction of sp³-hybridized carbons (Fsp3) is 0.778. The van der Waals surface area contributed by atoms with Gasteiger partial charge in [-0.3, -0.25) is 14.4 Å². The Morgan fingerprint density at radius 2 is 1.59 bits per heavy atom. The molecule has 0 heterocycles. The highest BCUT2D eigenvalue weighted by Crippen LogP contribution is 2.31. The average Bonchev–Trinajstić information content (AvgIpc) is 2.47. The van der Waals surface area contributed by atoms with Crippen LogP contribution in [-0.4, -0.2) is 54.5 Å². The molecule has 9 heteroatoms. The van der Waals surface area contributed by atoms with E-state index in [1.807, 2.05) is 0 Å². The van der Waals surface area contributed by atoms with E-state index in [1.54, 1.807) is 27.7 Å². The van der Waals surface area contributed by atoms with Gasteiger partial charge in [-0.25, -0.2) is 4.79 Å². The number of carbonyl (C=O) groups is 4. The summed E-state index contributed by atoms with van der Waals surface area (Å²) in [4.78, 5) is 47.6. The van der Waals surface area contributed by atoms with Gasteiger partial charge >= 0.3 is 24.0 Å². The van der Waals surface area contributed by atoms with Crippen molar-refractivity contribution >= 4 is 24.0 Å². The Labute approximate surface area is 159 Å². The number of alkyl carbamates (subject to hydrolysis) is 1. The molecule has 1 amide bonds. The number of nitrogens with one attached hydrogen (secondary N) is 1. The van der Waals surface area contributed by atoms with E-state index in [4.69, 9.17) is 18.9 Å². The van der Waals surface area contributed by atoms with E-state index in [0.29, 0.717) is 0 Å². The van der Waals surface area contributed by atoms with Crippen LogP contribution < -0.4 is 5.32 Å². The molecule has 1 fully saturated rings. The van der Waals surface area contributed by atoms with Crippen LogP contribution in [0.5, 0.6) is 0 Å². The van der Waals surface area contributed by atoms with Crippen molar-refractivity contribution in [2.45, 2.75) is 78.2 Å². The quantitative estimate of drug-likeness (QED) is 0.560. The van der Waals surface area contributed by atoms with Crippen LogP contribution in [0.4, 0.5) is 4.79 Å². The SMILES string of the molecule is CCOC(=O)[C@@H]1CC[C@@H](OC(C)=O)[C@H](OC(C)=O)[C@H]1NC(=O)OC(C)(C)C. The first-order chi connectivity index (χ1) is 12.4. The third kappa shape index (κ3) is 7.44. The zero-order chi connectivity index (χ0) is 20.8. The molecule has 0 saturated heterocycles. The van der Waals surface area contributed by atoms with Crippen molar-refractivity contribution in [1.29, 1.82) is 0 Å². The first-order valence-electron chi connectivity index (χ1n) is 8.95. The minimum absolute atomic E-state index is 0.167. The van der Waals surface area contributed by atoms with Gasteiger partial charge in [0, 0.05) is 13.8 Å². The summed E-state index contributed by atoms with van der Waals surface area (Å²) in [5, 5.41) is 2.59. The van der Waals surface area contributed by atoms with Gasteiger partial charge in [0.1, 0.15) is 11.7 Å². The van der Waals surface area contributed by atoms with Gasteiger partial charge in [0.25, 0.3) is 0 Å². The van der Waals surface area contributed by atoms with Gasteiger partial charge in [-0.2, -0.15) is 0 Å². The van der Waals surface area contributed by atoms with Gasteiger partial charge in [0.2, 0.25) is 0 Å². The maximum absolute atomic E-state index is 12.4. The first kappa shape index (κ1) is 22.7. The summed E-state index contributed by atoms with van der Waals surface area (Å²) in [6.45, 7) is 9.36. The Bertz CT molecular complexity index is 568. The number of esters is 3. The molecule has 0 unspecified atom stereocenters. The fourth-order valence-electron chi connectivity index (χ4n) is 2.97. The number of rotatable bonds is 5. The maximum Gasteiger partial charge on any atom is 0.408 e. The van der Waals surface area contributed by atoms with Gasteiger partial charge < -0.3 is 24.3 Å². The second-order valence-electron chi connectivity index (χ2n) is 7.33. The molecule has 0 bridgehead atoms. The highest BCUT2D eigenvalue weighted by Gasteiger charge is 2.48. The molecular weight excluding hydrogens is 358 g/mol. The molecule has 1 saturated carbocycles. The summed E-state index contributed by atoms with van der Waals surface area (Å²) in [7, 11) is 0. The van der Waals surface area contributed by atoms with E-state index < -0.39 is 53.8 Å². The predicted molar refractivity (Wildman–Crippen MR) is 93.6 cm³/mol. The van der Waals surface area contributed by atoms with Gasteiger partial charge in [0.05, 0.1) is 18.6 Å². The zero-order valence-electron chi connectivity index (χ0n) is 16.7. The van der Waals surface area contributed by atoms with Gasteiger partial charge in [-0.05, 0) is 40.5 Å². The Balaban J connectivity index is 3.15. The first-order valence-corrected chi connectivity index (χ1v) is 8.95. The zero-order valence-corrected chi connectivity index (χ0v) is 16.7. The third-order valence-corrected chi connectivity index (χ3v) is 3.81. The predicted octanol–water partition coefficient (Wildman–Crippen LogP) is 1.72. The molecule has 1 aliphatic rings. The van der Waals surface area contributed by atoms with Gasteiger partial charge in [-0.15, -0.1) is 0 Å². The summed E-state index contributed by atoms with van der Waals surface area (Å²) < 4.78 is 20.9. The molecule has 154 valence electrons. The third-order valence-electron chi connectivity index (χ3n) is 3.81. The van der Waals surface area contributed by atoms with Crippen molar-refractivity contribution in [3.8, 4) is 0 Å². The van der Waals surface area contributed by atoms with E-state index in [-0.39, 0.29) is 19.4 Å². The van der Waals surface area contributed by atoms with E-state index in [2.05, 4.69) is 5.32 Å². The lowest BCUT2D eigenvalue weighted by atomic mass is 9.80. The highest BCUT2D eigenvalue weighted by atomic mass is 16.6. The Morgan fingerprint density at radius 1 is 1.00 bits per heavy atom. The number of ether oxygens (including phenoxy) is 4. The summed E-state index contributed by atoms with van der Waals surface area (Å²) in [6, 6.07) is -0.957. The second-order valence-corrected chi connectivity index (χ2v) is 7.33. The van der Waals surface area contributed by atoms with Gasteiger partial charge in [0.15, 0.2) is 6.10 Å². The van der Waals surface area contributed by atoms with Crippen molar-refractivity contribution in [3.05, 3.63) is 0 Å². The smallest absolute Gasteiger partial charge is 0.408 e. The highest BCUT2D eigenvalue weighted by molar-refractivity contribution is 5.76. The number of carbonyl (C=O) groups excluding carboxylic acids is 4. The van der Waals surface area contributed by atoms with Crippen molar-refractivity contribution < 1.29 is 38.1 Å². The van der Waals surface area contributed by atoms with Crippen molar-refractivity contribution in [2.75, 3.05) is 6.61 Å². The van der Waals surface area contributed by atoms with E-state index in [0.717, 1.165) is 0 Å². The summed E-state index contributed by atoms with van der Waals surface area (Å²) in [5.74, 6) is -2.48. The minimum atomic E-state index is -1.04. The van der Waals surface area contributed by atoms with Gasteiger partial charge in [-0.1, -0.05) is 0 Å². The van der Waals surface area contributed by atoms with Crippen LogP contribution in [0.25, 0.3) is 0 Å². The molecule has 0 spiro atoms. The molecule has 0 aromatic heterocycles. The van der Waals surface area contributed by atoms with Crippen LogP contribution in [0, 0.1) is 5.92 Å². The molecule has 0 aromatic rings. The van der Waals surface area contributed by atoms with Crippen molar-refractivity contribution in [3.63, 3.8) is 0 Å². The monoisotopic (exact) mass is 387 g/mol. The lowest BCUT2D eigenvalue weighted by Gasteiger charge is -2.40. The van der Waals surface area contributed by atoms with E-state index in [9.17, 15) is 19.2 Å². The molecule has 27 heavy (non-hydrogen) atoms. The van der Waals surface area contributed by atoms with Crippen LogP contribution in [0.1, 0.15) is 54.4 Å². The summed E-state index contributed by atoms with van der Waals surface area (Å²) in [6.07, 6.45) is -2.04. The Kier molecular flexibility index (Phi) is 8.05. The number of hydrogen-bond acceptors (Lipinski definition) is 8. The fourth-order valence-corrected chi connectivity index (χ4v) is 2.97. The lowest BCUT2D eigenvalue weighted by Crippen LogP contribution is -2.60. The topological polar surface area (TPSA) is 117 Å². The summed E-state index contributed by atoms with van der Waals surface area (Å²) >= 11 is 0. The molecule has 1 rings (SSSR count).